The molecule has 1 amide bonds. The Morgan fingerprint density at radius 1 is 0.731 bits per heavy atom. The van der Waals surface area contributed by atoms with Crippen LogP contribution in [0.3, 0.4) is 0 Å². The van der Waals surface area contributed by atoms with Gasteiger partial charge in [0.25, 0.3) is 0 Å². The van der Waals surface area contributed by atoms with Gasteiger partial charge in [0.1, 0.15) is 5.41 Å². The fourth-order valence-corrected chi connectivity index (χ4v) is 3.48. The number of hydrogen-bond donors (Lipinski definition) is 1. The molecule has 0 aliphatic heterocycles. The van der Waals surface area contributed by atoms with Gasteiger partial charge in [0.15, 0.2) is 0 Å². The number of amides is 1. The van der Waals surface area contributed by atoms with Crippen LogP contribution < -0.4 is 0 Å². The summed E-state index contributed by atoms with van der Waals surface area (Å²) in [5.41, 5.74) is -1.27. The standard InChI is InChI=1S/C22H43NO3/c1-5-8-9-10-11-12-13-14-15-16-17-18-19-22(4,21(25)26)20(24)23(6-2)7-3/h5-19H2,1-4H3,(H,25,26). The van der Waals surface area contributed by atoms with Crippen molar-refractivity contribution in [2.24, 2.45) is 5.41 Å². The highest BCUT2D eigenvalue weighted by Crippen LogP contribution is 2.28. The normalized spacial score (nSPS) is 13.4. The third-order valence-electron chi connectivity index (χ3n) is 5.53. The first kappa shape index (κ1) is 24.9. The lowest BCUT2D eigenvalue weighted by Crippen LogP contribution is -2.46. The topological polar surface area (TPSA) is 57.6 Å². The number of aliphatic carboxylic acids is 1. The number of nitrogens with zero attached hydrogens (tertiary/aromatic N) is 1. The minimum atomic E-state index is -1.27. The minimum Gasteiger partial charge on any atom is -0.480 e. The Morgan fingerprint density at radius 3 is 1.46 bits per heavy atom. The smallest absolute Gasteiger partial charge is 0.318 e. The van der Waals surface area contributed by atoms with E-state index in [1.165, 1.54) is 57.8 Å². The summed E-state index contributed by atoms with van der Waals surface area (Å²) in [6.45, 7) is 8.77. The van der Waals surface area contributed by atoms with Gasteiger partial charge < -0.3 is 10.0 Å². The Morgan fingerprint density at radius 2 is 1.12 bits per heavy atom. The molecule has 0 aromatic heterocycles. The van der Waals surface area contributed by atoms with Gasteiger partial charge in [0.05, 0.1) is 0 Å². The van der Waals surface area contributed by atoms with Crippen molar-refractivity contribution < 1.29 is 14.7 Å². The van der Waals surface area contributed by atoms with Gasteiger partial charge in [-0.05, 0) is 27.2 Å². The Kier molecular flexibility index (Phi) is 14.4. The first-order valence-electron chi connectivity index (χ1n) is 11.0. The van der Waals surface area contributed by atoms with Gasteiger partial charge in [-0.15, -0.1) is 0 Å². The summed E-state index contributed by atoms with van der Waals surface area (Å²) < 4.78 is 0. The summed E-state index contributed by atoms with van der Waals surface area (Å²) in [6.07, 6.45) is 15.4. The largest absolute Gasteiger partial charge is 0.480 e. The molecule has 0 saturated heterocycles. The van der Waals surface area contributed by atoms with Crippen LogP contribution >= 0.6 is 0 Å². The Labute approximate surface area is 161 Å². The molecule has 0 heterocycles. The predicted molar refractivity (Wildman–Crippen MR) is 109 cm³/mol. The van der Waals surface area contributed by atoms with Crippen LogP contribution in [0.25, 0.3) is 0 Å². The van der Waals surface area contributed by atoms with Crippen LogP contribution in [0.1, 0.15) is 111 Å². The van der Waals surface area contributed by atoms with Crippen molar-refractivity contribution in [3.63, 3.8) is 0 Å². The van der Waals surface area contributed by atoms with E-state index in [-0.39, 0.29) is 5.91 Å². The van der Waals surface area contributed by atoms with Gasteiger partial charge in [-0.2, -0.15) is 0 Å². The van der Waals surface area contributed by atoms with Crippen molar-refractivity contribution in [3.05, 3.63) is 0 Å². The van der Waals surface area contributed by atoms with E-state index in [0.29, 0.717) is 19.5 Å². The van der Waals surface area contributed by atoms with Crippen LogP contribution in [0.5, 0.6) is 0 Å². The summed E-state index contributed by atoms with van der Waals surface area (Å²) >= 11 is 0. The van der Waals surface area contributed by atoms with Gasteiger partial charge in [-0.1, -0.05) is 84.0 Å². The molecule has 0 aromatic carbocycles. The van der Waals surface area contributed by atoms with E-state index >= 15 is 0 Å². The van der Waals surface area contributed by atoms with Crippen molar-refractivity contribution in [2.45, 2.75) is 111 Å². The summed E-state index contributed by atoms with van der Waals surface area (Å²) in [5, 5.41) is 9.57. The lowest BCUT2D eigenvalue weighted by molar-refractivity contribution is -0.160. The van der Waals surface area contributed by atoms with Crippen LogP contribution in [0, 0.1) is 5.41 Å². The molecule has 0 fully saturated rings. The average Bonchev–Trinajstić information content (AvgIpc) is 2.63. The van der Waals surface area contributed by atoms with Crippen molar-refractivity contribution in [1.82, 2.24) is 4.90 Å². The van der Waals surface area contributed by atoms with Crippen molar-refractivity contribution in [2.75, 3.05) is 13.1 Å². The molecule has 0 spiro atoms. The average molecular weight is 370 g/mol. The molecule has 0 aliphatic rings. The maximum Gasteiger partial charge on any atom is 0.318 e. The van der Waals surface area contributed by atoms with Crippen molar-refractivity contribution in [3.8, 4) is 0 Å². The van der Waals surface area contributed by atoms with Crippen LogP contribution in [-0.2, 0) is 9.59 Å². The molecular weight excluding hydrogens is 326 g/mol. The molecule has 0 rings (SSSR count). The number of carboxylic acids is 1. The third-order valence-corrected chi connectivity index (χ3v) is 5.53. The van der Waals surface area contributed by atoms with Crippen LogP contribution in [0.4, 0.5) is 0 Å². The molecule has 0 aliphatic carbocycles. The summed E-state index contributed by atoms with van der Waals surface area (Å²) in [5.74, 6) is -1.23. The first-order valence-corrected chi connectivity index (χ1v) is 11.0. The summed E-state index contributed by atoms with van der Waals surface area (Å²) in [7, 11) is 0. The van der Waals surface area contributed by atoms with Crippen LogP contribution in [-0.4, -0.2) is 35.0 Å². The maximum atomic E-state index is 12.5. The summed E-state index contributed by atoms with van der Waals surface area (Å²) in [6, 6.07) is 0. The molecular formula is C22H43NO3. The van der Waals surface area contributed by atoms with Crippen LogP contribution in [0.2, 0.25) is 0 Å². The number of carboxylic acid groups (broad SMARTS) is 1. The molecule has 0 aromatic rings. The highest BCUT2D eigenvalue weighted by Gasteiger charge is 2.42. The number of rotatable bonds is 17. The molecule has 4 heteroatoms. The second kappa shape index (κ2) is 15.0. The fourth-order valence-electron chi connectivity index (χ4n) is 3.48. The van der Waals surface area contributed by atoms with Gasteiger partial charge >= 0.3 is 5.97 Å². The summed E-state index contributed by atoms with van der Waals surface area (Å²) in [4.78, 5) is 25.9. The quantitative estimate of drug-likeness (QED) is 0.251. The zero-order valence-electron chi connectivity index (χ0n) is 17.8. The molecule has 0 radical (unpaired) electrons. The number of hydrogen-bond acceptors (Lipinski definition) is 2. The first-order chi connectivity index (χ1) is 12.4. The number of unbranched alkanes of at least 4 members (excludes halogenated alkanes) is 11. The molecule has 1 N–H and O–H groups in total. The van der Waals surface area contributed by atoms with Crippen molar-refractivity contribution >= 4 is 11.9 Å². The Bertz CT molecular complexity index is 380. The van der Waals surface area contributed by atoms with Crippen molar-refractivity contribution in [1.29, 1.82) is 0 Å². The molecule has 1 atom stereocenters. The molecule has 1 unspecified atom stereocenters. The van der Waals surface area contributed by atoms with E-state index < -0.39 is 11.4 Å². The molecule has 4 nitrogen and oxygen atoms in total. The van der Waals surface area contributed by atoms with Gasteiger partial charge in [-0.25, -0.2) is 0 Å². The Balaban J connectivity index is 3.91. The maximum absolute atomic E-state index is 12.5. The number of carbonyl (C=O) groups is 2. The lowest BCUT2D eigenvalue weighted by atomic mass is 9.83. The van der Waals surface area contributed by atoms with Crippen LogP contribution in [0.15, 0.2) is 0 Å². The SMILES string of the molecule is CCCCCCCCCCCCCCC(C)(C(=O)O)C(=O)N(CC)CC. The Hall–Kier alpha value is -1.06. The van der Waals surface area contributed by atoms with Gasteiger partial charge in [-0.3, -0.25) is 9.59 Å². The highest BCUT2D eigenvalue weighted by atomic mass is 16.4. The lowest BCUT2D eigenvalue weighted by Gasteiger charge is -2.30. The second-order valence-electron chi connectivity index (χ2n) is 7.75. The van der Waals surface area contributed by atoms with E-state index in [2.05, 4.69) is 6.92 Å². The minimum absolute atomic E-state index is 0.238. The highest BCUT2D eigenvalue weighted by molar-refractivity contribution is 6.01. The molecule has 0 bridgehead atoms. The molecule has 154 valence electrons. The van der Waals surface area contributed by atoms with E-state index in [1.54, 1.807) is 11.8 Å². The van der Waals surface area contributed by atoms with E-state index in [0.717, 1.165) is 19.3 Å². The monoisotopic (exact) mass is 369 g/mol. The predicted octanol–water partition coefficient (Wildman–Crippen LogP) is 6.04. The van der Waals surface area contributed by atoms with E-state index in [4.69, 9.17) is 0 Å². The molecule has 0 saturated carbocycles. The second-order valence-corrected chi connectivity index (χ2v) is 7.75. The van der Waals surface area contributed by atoms with E-state index in [9.17, 15) is 14.7 Å². The van der Waals surface area contributed by atoms with E-state index in [1.807, 2.05) is 13.8 Å². The molecule has 26 heavy (non-hydrogen) atoms. The van der Waals surface area contributed by atoms with Gasteiger partial charge in [0.2, 0.25) is 5.91 Å². The fraction of sp³-hybridized carbons (Fsp3) is 0.909. The zero-order chi connectivity index (χ0) is 19.8. The third kappa shape index (κ3) is 9.59. The number of carbonyl (C=O) groups excluding carboxylic acids is 1. The van der Waals surface area contributed by atoms with Gasteiger partial charge in [0, 0.05) is 13.1 Å². The zero-order valence-corrected chi connectivity index (χ0v) is 17.8.